The maximum absolute atomic E-state index is 12.6. The van der Waals surface area contributed by atoms with Gasteiger partial charge in [-0.05, 0) is 36.2 Å². The lowest BCUT2D eigenvalue weighted by Crippen LogP contribution is -2.43. The van der Waals surface area contributed by atoms with Gasteiger partial charge in [-0.1, -0.05) is 29.3 Å². The molecule has 0 bridgehead atoms. The van der Waals surface area contributed by atoms with Crippen molar-refractivity contribution >= 4 is 29.1 Å². The fraction of sp³-hybridized carbons (Fsp3) is 0.368. The Morgan fingerprint density at radius 1 is 1.31 bits per heavy atom. The molecule has 1 fully saturated rings. The third-order valence-electron chi connectivity index (χ3n) is 4.55. The van der Waals surface area contributed by atoms with E-state index in [1.165, 1.54) is 0 Å². The fourth-order valence-electron chi connectivity index (χ4n) is 2.99. The van der Waals surface area contributed by atoms with Gasteiger partial charge in [-0.15, -0.1) is 0 Å². The van der Waals surface area contributed by atoms with E-state index in [2.05, 4.69) is 15.2 Å². The molecule has 1 aromatic carbocycles. The molecule has 0 spiro atoms. The van der Waals surface area contributed by atoms with E-state index in [9.17, 15) is 4.79 Å². The fourth-order valence-corrected chi connectivity index (χ4v) is 3.47. The number of rotatable bonds is 5. The van der Waals surface area contributed by atoms with Crippen molar-refractivity contribution in [2.75, 3.05) is 32.8 Å². The van der Waals surface area contributed by atoms with Crippen molar-refractivity contribution in [2.45, 2.75) is 13.0 Å². The molecule has 0 radical (unpaired) electrons. The molecule has 1 unspecified atom stereocenters. The standard InChI is InChI=1S/C19H21Cl2N3O2/c1-13-16(20)9-15(10-17(13)21)19(25)23-12-18(14-3-2-4-22-11-14)24-5-7-26-8-6-24/h2-4,9-11,18H,5-8,12H2,1H3,(H,23,25). The van der Waals surface area contributed by atoms with E-state index in [0.29, 0.717) is 35.4 Å². The summed E-state index contributed by atoms with van der Waals surface area (Å²) >= 11 is 12.3. The Morgan fingerprint density at radius 2 is 2.00 bits per heavy atom. The Morgan fingerprint density at radius 3 is 2.62 bits per heavy atom. The lowest BCUT2D eigenvalue weighted by Gasteiger charge is -2.34. The minimum absolute atomic E-state index is 0.0351. The number of pyridine rings is 1. The van der Waals surface area contributed by atoms with Crippen LogP contribution in [-0.4, -0.2) is 48.6 Å². The van der Waals surface area contributed by atoms with Crippen LogP contribution in [0.1, 0.15) is 27.5 Å². The molecule has 1 aliphatic heterocycles. The largest absolute Gasteiger partial charge is 0.379 e. The van der Waals surface area contributed by atoms with Gasteiger partial charge in [0.25, 0.3) is 5.91 Å². The maximum atomic E-state index is 12.6. The lowest BCUT2D eigenvalue weighted by atomic mass is 10.1. The highest BCUT2D eigenvalue weighted by Crippen LogP contribution is 2.26. The molecule has 1 atom stereocenters. The zero-order chi connectivity index (χ0) is 18.5. The van der Waals surface area contributed by atoms with Gasteiger partial charge in [0, 0.05) is 47.6 Å². The van der Waals surface area contributed by atoms with Gasteiger partial charge >= 0.3 is 0 Å². The highest BCUT2D eigenvalue weighted by Gasteiger charge is 2.23. The van der Waals surface area contributed by atoms with E-state index in [1.807, 2.05) is 25.3 Å². The molecule has 3 rings (SSSR count). The first kappa shape index (κ1) is 19.1. The van der Waals surface area contributed by atoms with Crippen molar-refractivity contribution in [3.63, 3.8) is 0 Å². The summed E-state index contributed by atoms with van der Waals surface area (Å²) in [5, 5.41) is 3.97. The first-order valence-corrected chi connectivity index (χ1v) is 9.27. The Bertz CT molecular complexity index is 742. The second-order valence-electron chi connectivity index (χ2n) is 6.23. The monoisotopic (exact) mass is 393 g/mol. The van der Waals surface area contributed by atoms with Crippen molar-refractivity contribution in [3.05, 3.63) is 63.4 Å². The van der Waals surface area contributed by atoms with Crippen LogP contribution in [-0.2, 0) is 4.74 Å². The molecule has 2 heterocycles. The zero-order valence-electron chi connectivity index (χ0n) is 14.5. The maximum Gasteiger partial charge on any atom is 0.251 e. The van der Waals surface area contributed by atoms with E-state index in [4.69, 9.17) is 27.9 Å². The number of benzene rings is 1. The third-order valence-corrected chi connectivity index (χ3v) is 5.34. The Kier molecular flexibility index (Phi) is 6.48. The van der Waals surface area contributed by atoms with Gasteiger partial charge in [0.1, 0.15) is 0 Å². The number of halogens is 2. The van der Waals surface area contributed by atoms with Gasteiger partial charge in [0.2, 0.25) is 0 Å². The average molecular weight is 394 g/mol. The summed E-state index contributed by atoms with van der Waals surface area (Å²) in [6.45, 7) is 5.30. The van der Waals surface area contributed by atoms with Crippen LogP contribution in [0.4, 0.5) is 0 Å². The van der Waals surface area contributed by atoms with Crippen LogP contribution in [0.25, 0.3) is 0 Å². The van der Waals surface area contributed by atoms with Gasteiger partial charge < -0.3 is 10.1 Å². The minimum atomic E-state index is -0.198. The molecule has 7 heteroatoms. The van der Waals surface area contributed by atoms with Crippen LogP contribution >= 0.6 is 23.2 Å². The molecule has 26 heavy (non-hydrogen) atoms. The molecular weight excluding hydrogens is 373 g/mol. The van der Waals surface area contributed by atoms with Crippen LogP contribution in [0.15, 0.2) is 36.7 Å². The Hall–Kier alpha value is -1.66. The number of aromatic nitrogens is 1. The lowest BCUT2D eigenvalue weighted by molar-refractivity contribution is 0.0161. The molecule has 0 saturated carbocycles. The number of hydrogen-bond acceptors (Lipinski definition) is 4. The van der Waals surface area contributed by atoms with Crippen molar-refractivity contribution in [3.8, 4) is 0 Å². The molecule has 138 valence electrons. The van der Waals surface area contributed by atoms with Crippen LogP contribution in [0.2, 0.25) is 10.0 Å². The van der Waals surface area contributed by atoms with Crippen LogP contribution in [0, 0.1) is 6.92 Å². The Balaban J connectivity index is 1.74. The molecule has 1 aliphatic rings. The van der Waals surface area contributed by atoms with E-state index >= 15 is 0 Å². The van der Waals surface area contributed by atoms with Gasteiger partial charge in [-0.2, -0.15) is 0 Å². The third kappa shape index (κ3) is 4.54. The molecule has 2 aromatic rings. The van der Waals surface area contributed by atoms with E-state index in [0.717, 1.165) is 24.2 Å². The number of ether oxygens (including phenoxy) is 1. The van der Waals surface area contributed by atoms with E-state index < -0.39 is 0 Å². The predicted molar refractivity (Wildman–Crippen MR) is 103 cm³/mol. The van der Waals surface area contributed by atoms with Crippen molar-refractivity contribution in [1.29, 1.82) is 0 Å². The van der Waals surface area contributed by atoms with Crippen molar-refractivity contribution < 1.29 is 9.53 Å². The highest BCUT2D eigenvalue weighted by atomic mass is 35.5. The topological polar surface area (TPSA) is 54.5 Å². The normalized spacial score (nSPS) is 16.3. The second kappa shape index (κ2) is 8.82. The van der Waals surface area contributed by atoms with Gasteiger partial charge in [0.05, 0.1) is 19.3 Å². The van der Waals surface area contributed by atoms with Crippen LogP contribution in [0.5, 0.6) is 0 Å². The second-order valence-corrected chi connectivity index (χ2v) is 7.04. The quantitative estimate of drug-likeness (QED) is 0.844. The Labute approximate surface area is 163 Å². The van der Waals surface area contributed by atoms with E-state index in [-0.39, 0.29) is 11.9 Å². The van der Waals surface area contributed by atoms with Crippen LogP contribution < -0.4 is 5.32 Å². The summed E-state index contributed by atoms with van der Waals surface area (Å²) in [6, 6.07) is 7.26. The van der Waals surface area contributed by atoms with E-state index in [1.54, 1.807) is 18.3 Å². The SMILES string of the molecule is Cc1c(Cl)cc(C(=O)NCC(c2cccnc2)N2CCOCC2)cc1Cl. The smallest absolute Gasteiger partial charge is 0.251 e. The molecule has 5 nitrogen and oxygen atoms in total. The summed E-state index contributed by atoms with van der Waals surface area (Å²) < 4.78 is 5.44. The zero-order valence-corrected chi connectivity index (χ0v) is 16.1. The number of hydrogen-bond donors (Lipinski definition) is 1. The summed E-state index contributed by atoms with van der Waals surface area (Å²) in [5.41, 5.74) is 2.29. The summed E-state index contributed by atoms with van der Waals surface area (Å²) in [5.74, 6) is -0.198. The summed E-state index contributed by atoms with van der Waals surface area (Å²) in [4.78, 5) is 19.1. The number of nitrogens with zero attached hydrogens (tertiary/aromatic N) is 2. The first-order valence-electron chi connectivity index (χ1n) is 8.52. The summed E-state index contributed by atoms with van der Waals surface area (Å²) in [7, 11) is 0. The van der Waals surface area contributed by atoms with Crippen molar-refractivity contribution in [2.24, 2.45) is 0 Å². The predicted octanol–water partition coefficient (Wildman–Crippen LogP) is 3.50. The molecule has 1 aromatic heterocycles. The molecule has 1 amide bonds. The average Bonchev–Trinajstić information content (AvgIpc) is 2.67. The molecule has 1 N–H and O–H groups in total. The molecule has 0 aliphatic carbocycles. The summed E-state index contributed by atoms with van der Waals surface area (Å²) in [6.07, 6.45) is 3.58. The molecular formula is C19H21Cl2N3O2. The molecule has 1 saturated heterocycles. The first-order chi connectivity index (χ1) is 12.6. The van der Waals surface area contributed by atoms with Gasteiger partial charge in [0.15, 0.2) is 0 Å². The number of amides is 1. The van der Waals surface area contributed by atoms with Gasteiger partial charge in [-0.3, -0.25) is 14.7 Å². The highest BCUT2D eigenvalue weighted by molar-refractivity contribution is 6.36. The number of nitrogens with one attached hydrogen (secondary N) is 1. The number of morpholine rings is 1. The van der Waals surface area contributed by atoms with Crippen LogP contribution in [0.3, 0.4) is 0 Å². The number of carbonyl (C=O) groups is 1. The van der Waals surface area contributed by atoms with Crippen molar-refractivity contribution in [1.82, 2.24) is 15.2 Å². The van der Waals surface area contributed by atoms with Gasteiger partial charge in [-0.25, -0.2) is 0 Å². The minimum Gasteiger partial charge on any atom is -0.379 e. The number of carbonyl (C=O) groups excluding carboxylic acids is 1.